The van der Waals surface area contributed by atoms with Gasteiger partial charge in [0.1, 0.15) is 0 Å². The molecule has 1 unspecified atom stereocenters. The third-order valence-corrected chi connectivity index (χ3v) is 1.82. The Labute approximate surface area is 76.7 Å². The second-order valence-electron chi connectivity index (χ2n) is 2.79. The van der Waals surface area contributed by atoms with E-state index in [1.165, 1.54) is 7.11 Å². The van der Waals surface area contributed by atoms with E-state index >= 15 is 0 Å². The predicted octanol–water partition coefficient (Wildman–Crippen LogP) is 0.837. The average Bonchev–Trinajstić information content (AvgIpc) is 2.51. The molecule has 1 amide bonds. The Hall–Kier alpha value is -1.52. The van der Waals surface area contributed by atoms with Gasteiger partial charge in [0.2, 0.25) is 0 Å². The molecule has 0 aliphatic rings. The van der Waals surface area contributed by atoms with Crippen LogP contribution < -0.4 is 5.32 Å². The van der Waals surface area contributed by atoms with Crippen molar-refractivity contribution in [2.45, 2.75) is 13.0 Å². The maximum Gasteiger partial charge on any atom is 0.407 e. The molecule has 1 aromatic rings. The minimum atomic E-state index is -0.436. The lowest BCUT2D eigenvalue weighted by atomic mass is 10.2. The van der Waals surface area contributed by atoms with Crippen LogP contribution in [0.25, 0.3) is 0 Å². The highest BCUT2D eigenvalue weighted by Gasteiger charge is 2.11. The molecule has 0 bridgehead atoms. The van der Waals surface area contributed by atoms with Crippen LogP contribution >= 0.6 is 0 Å². The number of nitrogens with zero attached hydrogens (tertiary/aromatic N) is 2. The molecule has 0 fully saturated rings. The zero-order valence-corrected chi connectivity index (χ0v) is 7.94. The van der Waals surface area contributed by atoms with E-state index in [0.29, 0.717) is 0 Å². The number of hydrogen-bond donors (Lipinski definition) is 1. The fourth-order valence-corrected chi connectivity index (χ4v) is 1.09. The normalized spacial score (nSPS) is 12.2. The molecule has 0 saturated heterocycles. The number of rotatable bonds is 2. The number of aromatic nitrogens is 2. The number of ether oxygens (including phenoxy) is 1. The van der Waals surface area contributed by atoms with Gasteiger partial charge in [-0.3, -0.25) is 0 Å². The van der Waals surface area contributed by atoms with Crippen LogP contribution in [0, 0.1) is 0 Å². The van der Waals surface area contributed by atoms with Gasteiger partial charge in [-0.15, -0.1) is 0 Å². The quantitative estimate of drug-likeness (QED) is 0.739. The van der Waals surface area contributed by atoms with Crippen LogP contribution in [-0.2, 0) is 11.8 Å². The fourth-order valence-electron chi connectivity index (χ4n) is 1.09. The maximum atomic E-state index is 10.9. The number of alkyl carbamates (subject to hydrolysis) is 1. The highest BCUT2D eigenvalue weighted by molar-refractivity contribution is 5.67. The van der Waals surface area contributed by atoms with E-state index in [4.69, 9.17) is 0 Å². The molecule has 13 heavy (non-hydrogen) atoms. The Balaban J connectivity index is 2.63. The molecule has 0 radical (unpaired) electrons. The van der Waals surface area contributed by atoms with Crippen LogP contribution in [0.1, 0.15) is 18.7 Å². The molecule has 1 atom stereocenters. The first-order valence-electron chi connectivity index (χ1n) is 3.96. The minimum absolute atomic E-state index is 0.0973. The summed E-state index contributed by atoms with van der Waals surface area (Å²) in [4.78, 5) is 14.8. The lowest BCUT2D eigenvalue weighted by Crippen LogP contribution is -2.27. The largest absolute Gasteiger partial charge is 0.453 e. The number of carbonyl (C=O) groups is 1. The van der Waals surface area contributed by atoms with Crippen molar-refractivity contribution >= 4 is 6.09 Å². The molecule has 5 heteroatoms. The van der Waals surface area contributed by atoms with Gasteiger partial charge in [0.25, 0.3) is 0 Å². The van der Waals surface area contributed by atoms with E-state index in [2.05, 4.69) is 15.0 Å². The molecule has 1 aromatic heterocycles. The standard InChI is InChI=1S/C8H13N3O2/c1-6(10-8(12)13-3)7-4-9-5-11(7)2/h4-6H,1-3H3,(H,10,12). The topological polar surface area (TPSA) is 56.1 Å². The van der Waals surface area contributed by atoms with E-state index < -0.39 is 6.09 Å². The number of carbonyl (C=O) groups excluding carboxylic acids is 1. The summed E-state index contributed by atoms with van der Waals surface area (Å²) >= 11 is 0. The molecule has 5 nitrogen and oxygen atoms in total. The first-order chi connectivity index (χ1) is 6.15. The third kappa shape index (κ3) is 2.21. The van der Waals surface area contributed by atoms with Crippen molar-refractivity contribution in [2.24, 2.45) is 7.05 Å². The maximum absolute atomic E-state index is 10.9. The Kier molecular flexibility index (Phi) is 2.89. The summed E-state index contributed by atoms with van der Waals surface area (Å²) in [6.07, 6.45) is 2.96. The van der Waals surface area contributed by atoms with Gasteiger partial charge in [-0.2, -0.15) is 0 Å². The molecular formula is C8H13N3O2. The highest BCUT2D eigenvalue weighted by Crippen LogP contribution is 2.09. The Morgan fingerprint density at radius 1 is 1.77 bits per heavy atom. The first kappa shape index (κ1) is 9.57. The monoisotopic (exact) mass is 183 g/mol. The smallest absolute Gasteiger partial charge is 0.407 e. The predicted molar refractivity (Wildman–Crippen MR) is 47.2 cm³/mol. The van der Waals surface area contributed by atoms with Gasteiger partial charge in [-0.25, -0.2) is 9.78 Å². The van der Waals surface area contributed by atoms with Gasteiger partial charge < -0.3 is 14.6 Å². The van der Waals surface area contributed by atoms with Gasteiger partial charge in [0, 0.05) is 7.05 Å². The van der Waals surface area contributed by atoms with Crippen molar-refractivity contribution in [1.29, 1.82) is 0 Å². The van der Waals surface area contributed by atoms with E-state index in [1.54, 1.807) is 12.5 Å². The van der Waals surface area contributed by atoms with Crippen molar-refractivity contribution in [2.75, 3.05) is 7.11 Å². The number of nitrogens with one attached hydrogen (secondary N) is 1. The summed E-state index contributed by atoms with van der Waals surface area (Å²) < 4.78 is 6.33. The molecule has 1 heterocycles. The second-order valence-corrected chi connectivity index (χ2v) is 2.79. The van der Waals surface area contributed by atoms with Crippen LogP contribution in [-0.4, -0.2) is 22.8 Å². The molecule has 0 aliphatic heterocycles. The number of aryl methyl sites for hydroxylation is 1. The Bertz CT molecular complexity index is 295. The summed E-state index contributed by atoms with van der Waals surface area (Å²) in [6, 6.07) is -0.0973. The second kappa shape index (κ2) is 3.93. The van der Waals surface area contributed by atoms with Crippen molar-refractivity contribution in [3.8, 4) is 0 Å². The molecule has 1 rings (SSSR count). The summed E-state index contributed by atoms with van der Waals surface area (Å²) in [7, 11) is 3.21. The molecule has 0 aliphatic carbocycles. The lowest BCUT2D eigenvalue weighted by molar-refractivity contribution is 0.167. The number of imidazole rings is 1. The minimum Gasteiger partial charge on any atom is -0.453 e. The number of methoxy groups -OCH3 is 1. The zero-order valence-electron chi connectivity index (χ0n) is 7.94. The van der Waals surface area contributed by atoms with Gasteiger partial charge in [0.15, 0.2) is 0 Å². The highest BCUT2D eigenvalue weighted by atomic mass is 16.5. The van der Waals surface area contributed by atoms with Crippen LogP contribution in [0.5, 0.6) is 0 Å². The van der Waals surface area contributed by atoms with Crippen molar-refractivity contribution in [3.05, 3.63) is 18.2 Å². The lowest BCUT2D eigenvalue weighted by Gasteiger charge is -2.12. The summed E-state index contributed by atoms with van der Waals surface area (Å²) in [5.74, 6) is 0. The SMILES string of the molecule is COC(=O)NC(C)c1cncn1C. The van der Waals surface area contributed by atoms with Gasteiger partial charge in [0.05, 0.1) is 31.4 Å². The summed E-state index contributed by atoms with van der Waals surface area (Å²) in [5.41, 5.74) is 0.936. The van der Waals surface area contributed by atoms with Crippen LogP contribution in [0.3, 0.4) is 0 Å². The van der Waals surface area contributed by atoms with Crippen LogP contribution in [0.2, 0.25) is 0 Å². The summed E-state index contributed by atoms with van der Waals surface area (Å²) in [6.45, 7) is 1.87. The van der Waals surface area contributed by atoms with Crippen molar-refractivity contribution in [1.82, 2.24) is 14.9 Å². The number of hydrogen-bond acceptors (Lipinski definition) is 3. The van der Waals surface area contributed by atoms with E-state index in [9.17, 15) is 4.79 Å². The van der Waals surface area contributed by atoms with Gasteiger partial charge >= 0.3 is 6.09 Å². The van der Waals surface area contributed by atoms with E-state index in [-0.39, 0.29) is 6.04 Å². The fraction of sp³-hybridized carbons (Fsp3) is 0.500. The zero-order chi connectivity index (χ0) is 9.84. The summed E-state index contributed by atoms with van der Waals surface area (Å²) in [5, 5.41) is 2.65. The van der Waals surface area contributed by atoms with Gasteiger partial charge in [-0.05, 0) is 6.92 Å². The Morgan fingerprint density at radius 3 is 2.92 bits per heavy atom. The molecule has 0 aromatic carbocycles. The molecule has 0 spiro atoms. The third-order valence-electron chi connectivity index (χ3n) is 1.82. The van der Waals surface area contributed by atoms with E-state index in [1.807, 2.05) is 18.5 Å². The van der Waals surface area contributed by atoms with Crippen LogP contribution in [0.15, 0.2) is 12.5 Å². The van der Waals surface area contributed by atoms with E-state index in [0.717, 1.165) is 5.69 Å². The number of amides is 1. The van der Waals surface area contributed by atoms with Crippen molar-refractivity contribution < 1.29 is 9.53 Å². The molecule has 72 valence electrons. The average molecular weight is 183 g/mol. The van der Waals surface area contributed by atoms with Crippen molar-refractivity contribution in [3.63, 3.8) is 0 Å². The first-order valence-corrected chi connectivity index (χ1v) is 3.96. The molecule has 0 saturated carbocycles. The van der Waals surface area contributed by atoms with Crippen LogP contribution in [0.4, 0.5) is 4.79 Å². The molecule has 1 N–H and O–H groups in total. The van der Waals surface area contributed by atoms with Gasteiger partial charge in [-0.1, -0.05) is 0 Å². The Morgan fingerprint density at radius 2 is 2.46 bits per heavy atom. The molecular weight excluding hydrogens is 170 g/mol.